The largest absolute Gasteiger partial charge is 0.417 e. The van der Waals surface area contributed by atoms with E-state index in [0.29, 0.717) is 5.56 Å². The molecule has 2 rings (SSSR count). The van der Waals surface area contributed by atoms with E-state index in [-0.39, 0.29) is 5.56 Å². The van der Waals surface area contributed by atoms with Gasteiger partial charge in [-0.25, -0.2) is 0 Å². The molecule has 0 saturated carbocycles. The van der Waals surface area contributed by atoms with E-state index in [0.717, 1.165) is 5.69 Å². The summed E-state index contributed by atoms with van der Waals surface area (Å²) in [7, 11) is 0. The molecule has 87 valence electrons. The Morgan fingerprint density at radius 2 is 1.94 bits per heavy atom. The molecule has 0 aliphatic carbocycles. The van der Waals surface area contributed by atoms with Crippen LogP contribution < -0.4 is 0 Å². The number of alkyl halides is 3. The van der Waals surface area contributed by atoms with Crippen molar-refractivity contribution in [2.45, 2.75) is 13.1 Å². The van der Waals surface area contributed by atoms with Crippen LogP contribution in [0.4, 0.5) is 13.2 Å². The van der Waals surface area contributed by atoms with Gasteiger partial charge in [-0.05, 0) is 24.6 Å². The van der Waals surface area contributed by atoms with E-state index >= 15 is 0 Å². The van der Waals surface area contributed by atoms with Crippen molar-refractivity contribution in [1.29, 1.82) is 0 Å². The molecular weight excluding hydrogens is 227 g/mol. The SMILES string of the molecule is Cc1ccc(-c2ccc[c]c2C(F)(F)F)cn1. The van der Waals surface area contributed by atoms with Crippen LogP contribution in [0.2, 0.25) is 0 Å². The summed E-state index contributed by atoms with van der Waals surface area (Å²) in [5.41, 5.74) is 0.556. The first-order valence-electron chi connectivity index (χ1n) is 4.99. The minimum absolute atomic E-state index is 0.104. The highest BCUT2D eigenvalue weighted by molar-refractivity contribution is 5.67. The molecule has 0 bridgehead atoms. The normalized spacial score (nSPS) is 11.5. The number of rotatable bonds is 1. The molecule has 1 aromatic heterocycles. The van der Waals surface area contributed by atoms with E-state index in [4.69, 9.17) is 0 Å². The minimum atomic E-state index is -4.40. The van der Waals surface area contributed by atoms with Crippen LogP contribution in [0.5, 0.6) is 0 Å². The quantitative estimate of drug-likeness (QED) is 0.732. The molecule has 1 nitrogen and oxygen atoms in total. The average molecular weight is 236 g/mol. The number of pyridine rings is 1. The second kappa shape index (κ2) is 4.20. The Morgan fingerprint density at radius 1 is 1.18 bits per heavy atom. The van der Waals surface area contributed by atoms with Gasteiger partial charge in [-0.15, -0.1) is 0 Å². The van der Waals surface area contributed by atoms with Crippen LogP contribution in [0, 0.1) is 13.0 Å². The molecule has 2 aromatic rings. The summed E-state index contributed by atoms with van der Waals surface area (Å²) in [6.07, 6.45) is -2.96. The van der Waals surface area contributed by atoms with Crippen molar-refractivity contribution < 1.29 is 13.2 Å². The van der Waals surface area contributed by atoms with Gasteiger partial charge in [-0.1, -0.05) is 24.3 Å². The fourth-order valence-electron chi connectivity index (χ4n) is 1.54. The lowest BCUT2D eigenvalue weighted by Gasteiger charge is -2.12. The topological polar surface area (TPSA) is 12.9 Å². The van der Waals surface area contributed by atoms with Gasteiger partial charge in [-0.2, -0.15) is 13.2 Å². The van der Waals surface area contributed by atoms with Crippen LogP contribution in [0.25, 0.3) is 11.1 Å². The number of aromatic nitrogens is 1. The highest BCUT2D eigenvalue weighted by atomic mass is 19.4. The monoisotopic (exact) mass is 236 g/mol. The van der Waals surface area contributed by atoms with Gasteiger partial charge < -0.3 is 0 Å². The molecular formula is C13H9F3N. The van der Waals surface area contributed by atoms with Crippen LogP contribution in [0.15, 0.2) is 36.5 Å². The molecule has 0 unspecified atom stereocenters. The van der Waals surface area contributed by atoms with Crippen LogP contribution in [0.1, 0.15) is 11.3 Å². The summed E-state index contributed by atoms with van der Waals surface area (Å²) >= 11 is 0. The highest BCUT2D eigenvalue weighted by Crippen LogP contribution is 2.36. The zero-order valence-electron chi connectivity index (χ0n) is 9.05. The smallest absolute Gasteiger partial charge is 0.261 e. The molecule has 4 heteroatoms. The Hall–Kier alpha value is -1.84. The third-order valence-corrected chi connectivity index (χ3v) is 2.36. The average Bonchev–Trinajstić information content (AvgIpc) is 2.29. The van der Waals surface area contributed by atoms with E-state index in [1.165, 1.54) is 24.4 Å². The van der Waals surface area contributed by atoms with Gasteiger partial charge >= 0.3 is 6.18 Å². The van der Waals surface area contributed by atoms with E-state index in [2.05, 4.69) is 11.1 Å². The molecule has 1 radical (unpaired) electrons. The minimum Gasteiger partial charge on any atom is -0.261 e. The molecule has 0 aliphatic heterocycles. The maximum absolute atomic E-state index is 12.8. The summed E-state index contributed by atoms with van der Waals surface area (Å²) in [5.74, 6) is 0. The van der Waals surface area contributed by atoms with Gasteiger partial charge in [0.15, 0.2) is 0 Å². The third kappa shape index (κ3) is 2.46. The van der Waals surface area contributed by atoms with Gasteiger partial charge in [0.05, 0.1) is 5.56 Å². The fraction of sp³-hybridized carbons (Fsp3) is 0.154. The number of nitrogens with zero attached hydrogens (tertiary/aromatic N) is 1. The maximum Gasteiger partial charge on any atom is 0.417 e. The zero-order chi connectivity index (χ0) is 12.5. The van der Waals surface area contributed by atoms with Gasteiger partial charge in [0.25, 0.3) is 0 Å². The summed E-state index contributed by atoms with van der Waals surface area (Å²) in [4.78, 5) is 4.00. The summed E-state index contributed by atoms with van der Waals surface area (Å²) in [5, 5.41) is 0. The predicted octanol–water partition coefficient (Wildman–Crippen LogP) is 3.88. The lowest BCUT2D eigenvalue weighted by molar-refractivity contribution is -0.137. The molecule has 0 fully saturated rings. The molecule has 0 spiro atoms. The van der Waals surface area contributed by atoms with Crippen molar-refractivity contribution >= 4 is 0 Å². The standard InChI is InChI=1S/C13H9F3N/c1-9-6-7-10(8-17-9)11-4-2-3-5-12(11)13(14,15)16/h2-4,6-8H,1H3. The van der Waals surface area contributed by atoms with Crippen molar-refractivity contribution in [3.05, 3.63) is 53.9 Å². The van der Waals surface area contributed by atoms with E-state index in [1.807, 2.05) is 0 Å². The lowest BCUT2D eigenvalue weighted by Crippen LogP contribution is -2.07. The first kappa shape index (κ1) is 11.6. The van der Waals surface area contributed by atoms with Crippen molar-refractivity contribution in [3.8, 4) is 11.1 Å². The molecule has 0 saturated heterocycles. The van der Waals surface area contributed by atoms with Crippen molar-refractivity contribution in [2.75, 3.05) is 0 Å². The molecule has 0 N–H and O–H groups in total. The second-order valence-electron chi connectivity index (χ2n) is 3.64. The predicted molar refractivity (Wildman–Crippen MR) is 58.2 cm³/mol. The van der Waals surface area contributed by atoms with Crippen LogP contribution in [0.3, 0.4) is 0 Å². The number of aryl methyl sites for hydroxylation is 1. The molecule has 0 atom stereocenters. The molecule has 17 heavy (non-hydrogen) atoms. The van der Waals surface area contributed by atoms with Gasteiger partial charge in [-0.3, -0.25) is 4.98 Å². The molecule has 0 aliphatic rings. The first-order chi connectivity index (χ1) is 7.98. The fourth-order valence-corrected chi connectivity index (χ4v) is 1.54. The van der Waals surface area contributed by atoms with Crippen molar-refractivity contribution in [3.63, 3.8) is 0 Å². The summed E-state index contributed by atoms with van der Waals surface area (Å²) in [6, 6.07) is 9.76. The van der Waals surface area contributed by atoms with Gasteiger partial charge in [0.1, 0.15) is 0 Å². The Morgan fingerprint density at radius 3 is 2.53 bits per heavy atom. The van der Waals surface area contributed by atoms with E-state index in [1.54, 1.807) is 19.1 Å². The molecule has 1 aromatic carbocycles. The third-order valence-electron chi connectivity index (χ3n) is 2.36. The van der Waals surface area contributed by atoms with E-state index < -0.39 is 11.7 Å². The highest BCUT2D eigenvalue weighted by Gasteiger charge is 2.33. The van der Waals surface area contributed by atoms with Gasteiger partial charge in [0, 0.05) is 17.5 Å². The lowest BCUT2D eigenvalue weighted by atomic mass is 10.0. The van der Waals surface area contributed by atoms with E-state index in [9.17, 15) is 13.2 Å². The summed E-state index contributed by atoms with van der Waals surface area (Å²) in [6.45, 7) is 1.78. The van der Waals surface area contributed by atoms with Crippen LogP contribution in [-0.4, -0.2) is 4.98 Å². The van der Waals surface area contributed by atoms with Crippen LogP contribution >= 0.6 is 0 Å². The number of hydrogen-bond acceptors (Lipinski definition) is 1. The molecule has 1 heterocycles. The van der Waals surface area contributed by atoms with Crippen molar-refractivity contribution in [2.24, 2.45) is 0 Å². The Kier molecular flexibility index (Phi) is 2.88. The Balaban J connectivity index is 2.56. The maximum atomic E-state index is 12.8. The first-order valence-corrected chi connectivity index (χ1v) is 4.99. The second-order valence-corrected chi connectivity index (χ2v) is 3.64. The summed E-state index contributed by atoms with van der Waals surface area (Å²) < 4.78 is 38.3. The molecule has 0 amide bonds. The number of hydrogen-bond donors (Lipinski definition) is 0. The van der Waals surface area contributed by atoms with Crippen molar-refractivity contribution in [1.82, 2.24) is 4.98 Å². The number of benzene rings is 1. The number of halogens is 3. The Bertz CT molecular complexity index is 515. The van der Waals surface area contributed by atoms with Gasteiger partial charge in [0.2, 0.25) is 0 Å². The Labute approximate surface area is 96.9 Å². The zero-order valence-corrected chi connectivity index (χ0v) is 9.05. The van der Waals surface area contributed by atoms with Crippen LogP contribution in [-0.2, 0) is 6.18 Å².